The van der Waals surface area contributed by atoms with E-state index < -0.39 is 0 Å². The Labute approximate surface area is 163 Å². The van der Waals surface area contributed by atoms with Gasteiger partial charge in [-0.05, 0) is 24.1 Å². The Hall–Kier alpha value is -2.28. The molecule has 2 N–H and O–H groups in total. The van der Waals surface area contributed by atoms with E-state index in [0.29, 0.717) is 5.50 Å². The summed E-state index contributed by atoms with van der Waals surface area (Å²) >= 11 is 1.87. The third-order valence-corrected chi connectivity index (χ3v) is 6.44. The van der Waals surface area contributed by atoms with Crippen LogP contribution in [0.4, 0.5) is 0 Å². The van der Waals surface area contributed by atoms with Gasteiger partial charge >= 0.3 is 0 Å². The second-order valence-corrected chi connectivity index (χ2v) is 8.15. The summed E-state index contributed by atoms with van der Waals surface area (Å²) in [5.41, 5.74) is 5.97. The van der Waals surface area contributed by atoms with Crippen LogP contribution >= 0.6 is 11.8 Å². The molecule has 0 amide bonds. The lowest BCUT2D eigenvalue weighted by molar-refractivity contribution is 0.139. The van der Waals surface area contributed by atoms with Crippen LogP contribution in [0.5, 0.6) is 0 Å². The van der Waals surface area contributed by atoms with Gasteiger partial charge < -0.3 is 15.2 Å². The van der Waals surface area contributed by atoms with Gasteiger partial charge in [0.1, 0.15) is 11.1 Å². The van der Waals surface area contributed by atoms with E-state index in [1.54, 1.807) is 0 Å². The van der Waals surface area contributed by atoms with Crippen LogP contribution in [0.25, 0.3) is 27.9 Å². The molecule has 3 aromatic rings. The second-order valence-electron chi connectivity index (χ2n) is 7.19. The zero-order chi connectivity index (χ0) is 18.2. The summed E-state index contributed by atoms with van der Waals surface area (Å²) < 4.78 is 0. The molecule has 5 nitrogen and oxygen atoms in total. The predicted octanol–water partition coefficient (Wildman–Crippen LogP) is 3.40. The number of likely N-dealkylation sites (N-methyl/N-ethyl adjacent to an activating group) is 1. The number of nitrogens with one attached hydrogen (secondary N) is 2. The van der Waals surface area contributed by atoms with Gasteiger partial charge in [-0.25, -0.2) is 4.98 Å². The van der Waals surface area contributed by atoms with E-state index in [4.69, 9.17) is 0 Å². The molecule has 1 aromatic carbocycles. The highest BCUT2D eigenvalue weighted by atomic mass is 32.2. The van der Waals surface area contributed by atoms with E-state index in [1.165, 1.54) is 16.8 Å². The van der Waals surface area contributed by atoms with Gasteiger partial charge in [-0.2, -0.15) is 0 Å². The summed E-state index contributed by atoms with van der Waals surface area (Å²) in [6.45, 7) is 4.47. The Bertz CT molecular complexity index is 973. The maximum absolute atomic E-state index is 4.63. The molecule has 1 atom stereocenters. The van der Waals surface area contributed by atoms with Crippen molar-refractivity contribution in [2.45, 2.75) is 5.50 Å². The van der Waals surface area contributed by atoms with Crippen LogP contribution in [-0.2, 0) is 0 Å². The summed E-state index contributed by atoms with van der Waals surface area (Å²) in [5, 5.41) is 7.13. The quantitative estimate of drug-likeness (QED) is 0.733. The average Bonchev–Trinajstić information content (AvgIpc) is 3.35. The van der Waals surface area contributed by atoms with Crippen LogP contribution in [0.1, 0.15) is 5.56 Å². The minimum atomic E-state index is 0.323. The molecule has 1 fully saturated rings. The molecule has 0 saturated carbocycles. The van der Waals surface area contributed by atoms with E-state index in [1.807, 2.05) is 24.0 Å². The van der Waals surface area contributed by atoms with Crippen LogP contribution in [0.3, 0.4) is 0 Å². The Balaban J connectivity index is 1.40. The van der Waals surface area contributed by atoms with Gasteiger partial charge in [0.15, 0.2) is 0 Å². The molecule has 1 unspecified atom stereocenters. The predicted molar refractivity (Wildman–Crippen MR) is 113 cm³/mol. The molecule has 4 heterocycles. The number of aromatic amines is 1. The lowest BCUT2D eigenvalue weighted by Gasteiger charge is -2.36. The van der Waals surface area contributed by atoms with Gasteiger partial charge in [0.2, 0.25) is 0 Å². The van der Waals surface area contributed by atoms with Gasteiger partial charge in [0.25, 0.3) is 0 Å². The van der Waals surface area contributed by atoms with Crippen LogP contribution in [0, 0.1) is 0 Å². The molecular formula is C21H23N5S. The number of fused-ring (bicyclic) bond motifs is 1. The number of hydrogen-bond donors (Lipinski definition) is 2. The number of nitrogens with zero attached hydrogens (tertiary/aromatic N) is 3. The summed E-state index contributed by atoms with van der Waals surface area (Å²) in [4.78, 5) is 12.9. The Kier molecular flexibility index (Phi) is 4.39. The number of pyridine rings is 1. The van der Waals surface area contributed by atoms with Crippen molar-refractivity contribution in [2.75, 3.05) is 33.2 Å². The molecule has 0 aliphatic carbocycles. The SMILES string of the molecule is CN1CCN(C2NC(c3c[nH]c4ncc(-c5ccccc5)cc34)=CS2)CC1. The van der Waals surface area contributed by atoms with Gasteiger partial charge in [0, 0.05) is 55.1 Å². The number of H-pyrrole nitrogens is 1. The van der Waals surface area contributed by atoms with Crippen molar-refractivity contribution >= 4 is 28.5 Å². The molecule has 27 heavy (non-hydrogen) atoms. The van der Waals surface area contributed by atoms with Gasteiger partial charge in [-0.15, -0.1) is 0 Å². The minimum Gasteiger partial charge on any atom is -0.360 e. The number of hydrogen-bond acceptors (Lipinski definition) is 5. The monoisotopic (exact) mass is 377 g/mol. The van der Waals surface area contributed by atoms with Crippen LogP contribution in [-0.4, -0.2) is 58.5 Å². The molecule has 0 radical (unpaired) electrons. The Morgan fingerprint density at radius 2 is 1.89 bits per heavy atom. The summed E-state index contributed by atoms with van der Waals surface area (Å²) in [6, 6.07) is 12.7. The van der Waals surface area contributed by atoms with Gasteiger partial charge in [0.05, 0.1) is 5.70 Å². The first-order valence-corrected chi connectivity index (χ1v) is 10.3. The summed E-state index contributed by atoms with van der Waals surface area (Å²) in [7, 11) is 2.19. The van der Waals surface area contributed by atoms with Crippen molar-refractivity contribution < 1.29 is 0 Å². The Morgan fingerprint density at radius 1 is 1.07 bits per heavy atom. The number of benzene rings is 1. The first kappa shape index (κ1) is 16.9. The number of aromatic nitrogens is 2. The lowest BCUT2D eigenvalue weighted by Crippen LogP contribution is -2.51. The zero-order valence-corrected chi connectivity index (χ0v) is 16.2. The first-order chi connectivity index (χ1) is 13.3. The number of rotatable bonds is 3. The average molecular weight is 378 g/mol. The minimum absolute atomic E-state index is 0.323. The normalized spacial score (nSPS) is 21.4. The van der Waals surface area contributed by atoms with Crippen molar-refractivity contribution in [3.63, 3.8) is 0 Å². The molecule has 2 aliphatic heterocycles. The lowest BCUT2D eigenvalue weighted by atomic mass is 10.1. The molecule has 2 aliphatic rings. The van der Waals surface area contributed by atoms with E-state index in [2.05, 4.69) is 74.1 Å². The molecule has 1 saturated heterocycles. The molecule has 5 rings (SSSR count). The fraction of sp³-hybridized carbons (Fsp3) is 0.286. The van der Waals surface area contributed by atoms with Crippen molar-refractivity contribution in [1.29, 1.82) is 0 Å². The molecular weight excluding hydrogens is 354 g/mol. The largest absolute Gasteiger partial charge is 0.360 e. The molecule has 0 bridgehead atoms. The molecule has 2 aromatic heterocycles. The van der Waals surface area contributed by atoms with Crippen molar-refractivity contribution in [3.05, 3.63) is 59.8 Å². The highest BCUT2D eigenvalue weighted by Crippen LogP contribution is 2.34. The highest BCUT2D eigenvalue weighted by molar-refractivity contribution is 8.03. The smallest absolute Gasteiger partial charge is 0.137 e. The zero-order valence-electron chi connectivity index (χ0n) is 15.4. The van der Waals surface area contributed by atoms with Crippen LogP contribution < -0.4 is 5.32 Å². The fourth-order valence-electron chi connectivity index (χ4n) is 3.72. The maximum Gasteiger partial charge on any atom is 0.137 e. The van der Waals surface area contributed by atoms with E-state index in [9.17, 15) is 0 Å². The molecule has 6 heteroatoms. The van der Waals surface area contributed by atoms with E-state index >= 15 is 0 Å². The first-order valence-electron chi connectivity index (χ1n) is 9.35. The molecule has 0 spiro atoms. The fourth-order valence-corrected chi connectivity index (χ4v) is 4.76. The van der Waals surface area contributed by atoms with Crippen molar-refractivity contribution in [3.8, 4) is 11.1 Å². The van der Waals surface area contributed by atoms with E-state index in [-0.39, 0.29) is 0 Å². The van der Waals surface area contributed by atoms with Crippen molar-refractivity contribution in [1.82, 2.24) is 25.1 Å². The standard InChI is InChI=1S/C21H23N5S/c1-25-7-9-26(10-8-25)21-24-19(14-27-21)18-13-23-20-17(18)11-16(12-22-20)15-5-3-2-4-6-15/h2-6,11-14,21,24H,7-10H2,1H3,(H,22,23). The van der Waals surface area contributed by atoms with Gasteiger partial charge in [-0.1, -0.05) is 42.1 Å². The Morgan fingerprint density at radius 3 is 2.70 bits per heavy atom. The summed E-state index contributed by atoms with van der Waals surface area (Å²) in [5.74, 6) is 0. The van der Waals surface area contributed by atoms with Crippen molar-refractivity contribution in [2.24, 2.45) is 0 Å². The summed E-state index contributed by atoms with van der Waals surface area (Å²) in [6.07, 6.45) is 4.01. The number of piperazine rings is 1. The van der Waals surface area contributed by atoms with E-state index in [0.717, 1.165) is 42.8 Å². The van der Waals surface area contributed by atoms with Gasteiger partial charge in [-0.3, -0.25) is 4.90 Å². The number of thioether (sulfide) groups is 1. The molecule has 138 valence electrons. The highest BCUT2D eigenvalue weighted by Gasteiger charge is 2.27. The van der Waals surface area contributed by atoms with Crippen LogP contribution in [0.2, 0.25) is 0 Å². The van der Waals surface area contributed by atoms with Crippen LogP contribution in [0.15, 0.2) is 54.2 Å². The third kappa shape index (κ3) is 3.25. The maximum atomic E-state index is 4.63. The topological polar surface area (TPSA) is 47.2 Å². The third-order valence-electron chi connectivity index (χ3n) is 5.39. The second kappa shape index (κ2) is 7.03.